The third-order valence-corrected chi connectivity index (χ3v) is 4.61. The summed E-state index contributed by atoms with van der Waals surface area (Å²) in [6, 6.07) is 21.1. The molecule has 0 atom stereocenters. The number of fused-ring (bicyclic) bond motifs is 1. The largest absolute Gasteiger partial charge is 0.320 e. The fourth-order valence-corrected chi connectivity index (χ4v) is 3.06. The molecule has 1 aliphatic heterocycles. The quantitative estimate of drug-likeness (QED) is 0.430. The Labute approximate surface area is 182 Å². The first kappa shape index (κ1) is 20.7. The van der Waals surface area contributed by atoms with E-state index < -0.39 is 23.5 Å². The van der Waals surface area contributed by atoms with E-state index in [2.05, 4.69) is 21.2 Å². The number of hydrazone groups is 1. The molecule has 0 unspecified atom stereocenters. The Morgan fingerprint density at radius 1 is 0.938 bits per heavy atom. The Bertz CT molecular complexity index is 1250. The maximum atomic E-state index is 13.6. The van der Waals surface area contributed by atoms with Gasteiger partial charge in [0.15, 0.2) is 5.71 Å². The van der Waals surface area contributed by atoms with Crippen LogP contribution in [-0.4, -0.2) is 23.4 Å². The zero-order valence-corrected chi connectivity index (χ0v) is 16.6. The molecule has 32 heavy (non-hydrogen) atoms. The molecule has 1 aliphatic rings. The second kappa shape index (κ2) is 9.05. The Balaban J connectivity index is 1.60. The summed E-state index contributed by atoms with van der Waals surface area (Å²) in [7, 11) is 0. The van der Waals surface area contributed by atoms with E-state index in [1.807, 2.05) is 6.07 Å². The van der Waals surface area contributed by atoms with E-state index in [1.54, 1.807) is 54.6 Å². The van der Waals surface area contributed by atoms with Gasteiger partial charge in [0.2, 0.25) is 0 Å². The predicted octanol–water partition coefficient (Wildman–Crippen LogP) is 3.07. The van der Waals surface area contributed by atoms with Gasteiger partial charge in [0.05, 0.1) is 5.69 Å². The zero-order chi connectivity index (χ0) is 22.5. The highest BCUT2D eigenvalue weighted by Gasteiger charge is 2.27. The molecule has 0 radical (unpaired) electrons. The molecule has 0 saturated heterocycles. The van der Waals surface area contributed by atoms with Gasteiger partial charge in [-0.1, -0.05) is 48.5 Å². The Morgan fingerprint density at radius 3 is 2.34 bits per heavy atom. The molecule has 3 amide bonds. The molecular formula is C24H17FN4O3. The van der Waals surface area contributed by atoms with Gasteiger partial charge >= 0.3 is 0 Å². The van der Waals surface area contributed by atoms with Gasteiger partial charge < -0.3 is 10.6 Å². The molecule has 0 aliphatic carbocycles. The molecule has 3 N–H and O–H groups in total. The molecule has 8 heteroatoms. The fourth-order valence-electron chi connectivity index (χ4n) is 3.06. The third kappa shape index (κ3) is 4.59. The van der Waals surface area contributed by atoms with Crippen LogP contribution in [-0.2, 0) is 9.59 Å². The van der Waals surface area contributed by atoms with Crippen molar-refractivity contribution in [3.63, 3.8) is 0 Å². The fraction of sp³-hybridized carbons (Fsp3) is 0. The minimum absolute atomic E-state index is 0.0766. The van der Waals surface area contributed by atoms with Gasteiger partial charge in [0, 0.05) is 11.1 Å². The van der Waals surface area contributed by atoms with Crippen molar-refractivity contribution in [1.82, 2.24) is 10.7 Å². The summed E-state index contributed by atoms with van der Waals surface area (Å²) in [5, 5.41) is 9.00. The highest BCUT2D eigenvalue weighted by molar-refractivity contribution is 6.53. The van der Waals surface area contributed by atoms with Crippen molar-refractivity contribution >= 4 is 35.2 Å². The van der Waals surface area contributed by atoms with Crippen LogP contribution in [0.25, 0.3) is 6.08 Å². The van der Waals surface area contributed by atoms with Crippen molar-refractivity contribution in [3.05, 3.63) is 107 Å². The zero-order valence-electron chi connectivity index (χ0n) is 16.6. The number of carbonyl (C=O) groups excluding carboxylic acids is 3. The maximum Gasteiger partial charge on any atom is 0.287 e. The van der Waals surface area contributed by atoms with E-state index in [9.17, 15) is 18.8 Å². The van der Waals surface area contributed by atoms with E-state index in [0.29, 0.717) is 16.8 Å². The van der Waals surface area contributed by atoms with Crippen LogP contribution in [0.1, 0.15) is 21.5 Å². The first-order valence-corrected chi connectivity index (χ1v) is 9.64. The van der Waals surface area contributed by atoms with Crippen LogP contribution in [0.15, 0.2) is 89.7 Å². The van der Waals surface area contributed by atoms with Crippen LogP contribution in [0, 0.1) is 5.82 Å². The molecule has 4 rings (SSSR count). The average molecular weight is 428 g/mol. The normalized spacial score (nSPS) is 14.0. The standard InChI is InChI=1S/C24H17FN4O3/c25-17-11-12-19-18(14-17)21(24(32)26-19)28-29-23(31)20(13-15-7-3-1-4-8-15)27-22(30)16-9-5-2-6-10-16/h1-14H,(H,27,30)(H,29,31)(H,26,28,32). The Morgan fingerprint density at radius 2 is 1.62 bits per heavy atom. The molecular weight excluding hydrogens is 411 g/mol. The lowest BCUT2D eigenvalue weighted by Crippen LogP contribution is -2.33. The molecule has 158 valence electrons. The van der Waals surface area contributed by atoms with Crippen LogP contribution < -0.4 is 16.1 Å². The van der Waals surface area contributed by atoms with Gasteiger partial charge in [-0.2, -0.15) is 5.10 Å². The molecule has 0 aromatic heterocycles. The molecule has 0 bridgehead atoms. The summed E-state index contributed by atoms with van der Waals surface area (Å²) in [5.74, 6) is -2.35. The number of anilines is 1. The number of carbonyl (C=O) groups is 3. The summed E-state index contributed by atoms with van der Waals surface area (Å²) < 4.78 is 13.6. The van der Waals surface area contributed by atoms with Crippen LogP contribution in [0.4, 0.5) is 10.1 Å². The van der Waals surface area contributed by atoms with E-state index >= 15 is 0 Å². The van der Waals surface area contributed by atoms with Gasteiger partial charge in [-0.15, -0.1) is 0 Å². The topological polar surface area (TPSA) is 99.7 Å². The van der Waals surface area contributed by atoms with Crippen molar-refractivity contribution in [2.75, 3.05) is 5.32 Å². The van der Waals surface area contributed by atoms with Gasteiger partial charge in [-0.05, 0) is 42.0 Å². The van der Waals surface area contributed by atoms with Crippen molar-refractivity contribution < 1.29 is 18.8 Å². The first-order valence-electron chi connectivity index (χ1n) is 9.64. The Hall–Kier alpha value is -4.59. The summed E-state index contributed by atoms with van der Waals surface area (Å²) in [6.45, 7) is 0. The molecule has 1 heterocycles. The minimum Gasteiger partial charge on any atom is -0.320 e. The summed E-state index contributed by atoms with van der Waals surface area (Å²) in [5.41, 5.74) is 3.72. The third-order valence-electron chi connectivity index (χ3n) is 4.61. The number of hydrogen-bond donors (Lipinski definition) is 3. The lowest BCUT2D eigenvalue weighted by Gasteiger charge is -2.09. The van der Waals surface area contributed by atoms with Gasteiger partial charge in [-0.25, -0.2) is 9.82 Å². The van der Waals surface area contributed by atoms with Crippen molar-refractivity contribution in [2.24, 2.45) is 5.10 Å². The SMILES string of the molecule is O=C(NN=C1C(=O)Nc2ccc(F)cc21)C(=Cc1ccccc1)NC(=O)c1ccccc1. The van der Waals surface area contributed by atoms with E-state index in [4.69, 9.17) is 0 Å². The highest BCUT2D eigenvalue weighted by atomic mass is 19.1. The van der Waals surface area contributed by atoms with Gasteiger partial charge in [-0.3, -0.25) is 14.4 Å². The van der Waals surface area contributed by atoms with Crippen LogP contribution in [0.2, 0.25) is 0 Å². The first-order chi connectivity index (χ1) is 15.5. The van der Waals surface area contributed by atoms with Gasteiger partial charge in [0.25, 0.3) is 17.7 Å². The number of nitrogens with one attached hydrogen (secondary N) is 3. The number of halogens is 1. The van der Waals surface area contributed by atoms with Crippen molar-refractivity contribution in [2.45, 2.75) is 0 Å². The van der Waals surface area contributed by atoms with Crippen LogP contribution in [0.5, 0.6) is 0 Å². The van der Waals surface area contributed by atoms with Gasteiger partial charge in [0.1, 0.15) is 11.5 Å². The monoisotopic (exact) mass is 428 g/mol. The molecule has 0 spiro atoms. The lowest BCUT2D eigenvalue weighted by molar-refractivity contribution is -0.117. The number of benzene rings is 3. The molecule has 3 aromatic carbocycles. The lowest BCUT2D eigenvalue weighted by atomic mass is 10.1. The van der Waals surface area contributed by atoms with E-state index in [0.717, 1.165) is 6.07 Å². The molecule has 7 nitrogen and oxygen atoms in total. The van der Waals surface area contributed by atoms with E-state index in [1.165, 1.54) is 18.2 Å². The van der Waals surface area contributed by atoms with Crippen molar-refractivity contribution in [1.29, 1.82) is 0 Å². The molecule has 3 aromatic rings. The van der Waals surface area contributed by atoms with E-state index in [-0.39, 0.29) is 17.0 Å². The highest BCUT2D eigenvalue weighted by Crippen LogP contribution is 2.24. The summed E-state index contributed by atoms with van der Waals surface area (Å²) >= 11 is 0. The minimum atomic E-state index is -0.747. The second-order valence-corrected chi connectivity index (χ2v) is 6.83. The number of amides is 3. The van der Waals surface area contributed by atoms with Crippen LogP contribution in [0.3, 0.4) is 0 Å². The average Bonchev–Trinajstić information content (AvgIpc) is 3.12. The summed E-state index contributed by atoms with van der Waals surface area (Å²) in [6.07, 6.45) is 1.48. The number of rotatable bonds is 5. The molecule has 0 saturated carbocycles. The second-order valence-electron chi connectivity index (χ2n) is 6.83. The van der Waals surface area contributed by atoms with Crippen LogP contribution >= 0.6 is 0 Å². The maximum absolute atomic E-state index is 13.6. The molecule has 0 fully saturated rings. The number of nitrogens with zero attached hydrogens (tertiary/aromatic N) is 1. The Kier molecular flexibility index (Phi) is 5.85. The smallest absolute Gasteiger partial charge is 0.287 e. The van der Waals surface area contributed by atoms with Crippen molar-refractivity contribution in [3.8, 4) is 0 Å². The predicted molar refractivity (Wildman–Crippen MR) is 118 cm³/mol. The number of hydrogen-bond acceptors (Lipinski definition) is 4. The summed E-state index contributed by atoms with van der Waals surface area (Å²) in [4.78, 5) is 37.6.